The van der Waals surface area contributed by atoms with Crippen molar-refractivity contribution in [1.29, 1.82) is 0 Å². The summed E-state index contributed by atoms with van der Waals surface area (Å²) in [6, 6.07) is 6.70. The molecular formula is C12H10ClNO2S. The molecule has 1 aliphatic carbocycles. The lowest BCUT2D eigenvalue weighted by molar-refractivity contribution is 0.0987. The van der Waals surface area contributed by atoms with E-state index in [9.17, 15) is 9.59 Å². The van der Waals surface area contributed by atoms with E-state index in [1.807, 2.05) is 0 Å². The SMILES string of the molecule is NCCSC1=C(Cl)C(=O)c2ccccc2C1=O. The first-order valence-electron chi connectivity index (χ1n) is 5.08. The van der Waals surface area contributed by atoms with Crippen molar-refractivity contribution in [2.75, 3.05) is 12.3 Å². The summed E-state index contributed by atoms with van der Waals surface area (Å²) in [6.07, 6.45) is 0. The molecule has 0 amide bonds. The van der Waals surface area contributed by atoms with Crippen molar-refractivity contribution in [3.8, 4) is 0 Å². The van der Waals surface area contributed by atoms with Crippen LogP contribution in [-0.4, -0.2) is 23.9 Å². The molecule has 88 valence electrons. The van der Waals surface area contributed by atoms with Crippen LogP contribution >= 0.6 is 23.4 Å². The number of carbonyl (C=O) groups excluding carboxylic acids is 2. The Morgan fingerprint density at radius 3 is 2.29 bits per heavy atom. The molecule has 1 aromatic rings. The van der Waals surface area contributed by atoms with E-state index in [1.165, 1.54) is 11.8 Å². The molecule has 0 spiro atoms. The number of thioether (sulfide) groups is 1. The third-order valence-electron chi connectivity index (χ3n) is 2.39. The summed E-state index contributed by atoms with van der Waals surface area (Å²) in [7, 11) is 0. The highest BCUT2D eigenvalue weighted by Crippen LogP contribution is 2.34. The second-order valence-electron chi connectivity index (χ2n) is 3.48. The number of Topliss-reactive ketones (excluding diaryl/α,β-unsaturated/α-hetero) is 2. The zero-order chi connectivity index (χ0) is 12.4. The van der Waals surface area contributed by atoms with Gasteiger partial charge in [0.25, 0.3) is 0 Å². The first-order valence-corrected chi connectivity index (χ1v) is 6.44. The highest BCUT2D eigenvalue weighted by atomic mass is 35.5. The number of carbonyl (C=O) groups is 2. The van der Waals surface area contributed by atoms with Crippen molar-refractivity contribution in [3.05, 3.63) is 45.3 Å². The number of ketones is 2. The Kier molecular flexibility index (Phi) is 3.66. The van der Waals surface area contributed by atoms with Gasteiger partial charge in [0.15, 0.2) is 0 Å². The molecule has 0 bridgehead atoms. The standard InChI is InChI=1S/C12H10ClNO2S/c13-9-10(15)7-3-1-2-4-8(7)11(16)12(9)17-6-5-14/h1-4H,5-6,14H2. The van der Waals surface area contributed by atoms with Crippen molar-refractivity contribution >= 4 is 34.9 Å². The van der Waals surface area contributed by atoms with Gasteiger partial charge in [-0.2, -0.15) is 0 Å². The van der Waals surface area contributed by atoms with Crippen LogP contribution in [0.25, 0.3) is 0 Å². The van der Waals surface area contributed by atoms with Gasteiger partial charge in [-0.3, -0.25) is 9.59 Å². The van der Waals surface area contributed by atoms with Crippen LogP contribution in [0.5, 0.6) is 0 Å². The fraction of sp³-hybridized carbons (Fsp3) is 0.167. The molecular weight excluding hydrogens is 258 g/mol. The highest BCUT2D eigenvalue weighted by molar-refractivity contribution is 8.04. The van der Waals surface area contributed by atoms with Crippen LogP contribution in [0.1, 0.15) is 20.7 Å². The van der Waals surface area contributed by atoms with Gasteiger partial charge in [0, 0.05) is 23.4 Å². The van der Waals surface area contributed by atoms with Gasteiger partial charge in [0.1, 0.15) is 5.03 Å². The van der Waals surface area contributed by atoms with Gasteiger partial charge < -0.3 is 5.73 Å². The van der Waals surface area contributed by atoms with Gasteiger partial charge in [0.2, 0.25) is 11.6 Å². The average molecular weight is 268 g/mol. The Morgan fingerprint density at radius 1 is 1.12 bits per heavy atom. The zero-order valence-corrected chi connectivity index (χ0v) is 10.5. The smallest absolute Gasteiger partial charge is 0.206 e. The van der Waals surface area contributed by atoms with E-state index in [0.29, 0.717) is 28.3 Å². The first-order chi connectivity index (χ1) is 8.16. The lowest BCUT2D eigenvalue weighted by Crippen LogP contribution is -2.19. The van der Waals surface area contributed by atoms with Crippen molar-refractivity contribution in [1.82, 2.24) is 0 Å². The summed E-state index contributed by atoms with van der Waals surface area (Å²) in [4.78, 5) is 24.4. The van der Waals surface area contributed by atoms with Gasteiger partial charge in [0.05, 0.1) is 4.91 Å². The summed E-state index contributed by atoms with van der Waals surface area (Å²) < 4.78 is 0. The summed E-state index contributed by atoms with van der Waals surface area (Å²) in [5, 5.41) is 0.00662. The molecule has 0 saturated heterocycles. The quantitative estimate of drug-likeness (QED) is 0.912. The Balaban J connectivity index is 2.47. The second-order valence-corrected chi connectivity index (χ2v) is 4.97. The molecule has 1 aromatic carbocycles. The van der Waals surface area contributed by atoms with Crippen molar-refractivity contribution in [3.63, 3.8) is 0 Å². The topological polar surface area (TPSA) is 60.2 Å². The zero-order valence-electron chi connectivity index (χ0n) is 8.90. The van der Waals surface area contributed by atoms with E-state index in [2.05, 4.69) is 0 Å². The highest BCUT2D eigenvalue weighted by Gasteiger charge is 2.30. The van der Waals surface area contributed by atoms with E-state index in [1.54, 1.807) is 24.3 Å². The minimum absolute atomic E-state index is 0.00662. The number of halogens is 1. The van der Waals surface area contributed by atoms with Crippen LogP contribution in [-0.2, 0) is 0 Å². The summed E-state index contributed by atoms with van der Waals surface area (Å²) in [6.45, 7) is 0.432. The molecule has 0 aromatic heterocycles. The molecule has 0 aliphatic heterocycles. The lowest BCUT2D eigenvalue weighted by Gasteiger charge is -2.16. The molecule has 5 heteroatoms. The minimum Gasteiger partial charge on any atom is -0.330 e. The number of rotatable bonds is 3. The molecule has 3 nitrogen and oxygen atoms in total. The predicted molar refractivity (Wildman–Crippen MR) is 69.5 cm³/mol. The third kappa shape index (κ3) is 2.16. The van der Waals surface area contributed by atoms with Crippen molar-refractivity contribution in [2.24, 2.45) is 5.73 Å². The molecule has 0 saturated carbocycles. The summed E-state index contributed by atoms with van der Waals surface area (Å²) >= 11 is 7.17. The molecule has 0 fully saturated rings. The molecule has 0 radical (unpaired) electrons. The molecule has 2 rings (SSSR count). The van der Waals surface area contributed by atoms with E-state index in [4.69, 9.17) is 17.3 Å². The predicted octanol–water partition coefficient (Wildman–Crippen LogP) is 2.21. The fourth-order valence-electron chi connectivity index (χ4n) is 1.61. The molecule has 1 aliphatic rings. The molecule has 0 unspecified atom stereocenters. The van der Waals surface area contributed by atoms with Crippen LogP contribution in [0.3, 0.4) is 0 Å². The number of nitrogens with two attached hydrogens (primary N) is 1. The van der Waals surface area contributed by atoms with Gasteiger partial charge in [-0.15, -0.1) is 11.8 Å². The molecule has 17 heavy (non-hydrogen) atoms. The maximum atomic E-state index is 12.1. The van der Waals surface area contributed by atoms with Gasteiger partial charge in [-0.05, 0) is 0 Å². The number of allylic oxidation sites excluding steroid dienone is 2. The van der Waals surface area contributed by atoms with Crippen LogP contribution in [0.4, 0.5) is 0 Å². The third-order valence-corrected chi connectivity index (χ3v) is 3.98. The van der Waals surface area contributed by atoms with Crippen LogP contribution in [0.15, 0.2) is 34.2 Å². The Hall–Kier alpha value is -1.10. The average Bonchev–Trinajstić information content (AvgIpc) is 2.36. The number of benzene rings is 1. The Labute approximate surface area is 108 Å². The van der Waals surface area contributed by atoms with E-state index in [-0.39, 0.29) is 16.6 Å². The van der Waals surface area contributed by atoms with Crippen molar-refractivity contribution < 1.29 is 9.59 Å². The van der Waals surface area contributed by atoms with E-state index in [0.717, 1.165) is 0 Å². The second kappa shape index (κ2) is 5.04. The lowest BCUT2D eigenvalue weighted by atomic mass is 9.95. The van der Waals surface area contributed by atoms with Gasteiger partial charge >= 0.3 is 0 Å². The molecule has 2 N–H and O–H groups in total. The number of hydrogen-bond donors (Lipinski definition) is 1. The minimum atomic E-state index is -0.290. The Bertz CT molecular complexity index is 525. The maximum Gasteiger partial charge on any atom is 0.206 e. The van der Waals surface area contributed by atoms with Crippen LogP contribution in [0.2, 0.25) is 0 Å². The fourth-order valence-corrected chi connectivity index (χ4v) is 2.75. The summed E-state index contributed by atoms with van der Waals surface area (Å²) in [5.74, 6) is 0.0808. The largest absolute Gasteiger partial charge is 0.330 e. The molecule has 0 heterocycles. The normalized spacial score (nSPS) is 15.2. The van der Waals surface area contributed by atoms with Crippen LogP contribution in [0, 0.1) is 0 Å². The van der Waals surface area contributed by atoms with Gasteiger partial charge in [-0.25, -0.2) is 0 Å². The van der Waals surface area contributed by atoms with E-state index < -0.39 is 0 Å². The van der Waals surface area contributed by atoms with Gasteiger partial charge in [-0.1, -0.05) is 35.9 Å². The number of fused-ring (bicyclic) bond motifs is 1. The van der Waals surface area contributed by atoms with Crippen molar-refractivity contribution in [2.45, 2.75) is 0 Å². The number of hydrogen-bond acceptors (Lipinski definition) is 4. The maximum absolute atomic E-state index is 12.1. The monoisotopic (exact) mass is 267 g/mol. The van der Waals surface area contributed by atoms with E-state index >= 15 is 0 Å². The first kappa shape index (κ1) is 12.4. The summed E-state index contributed by atoms with van der Waals surface area (Å²) in [5.41, 5.74) is 6.18. The molecule has 0 atom stereocenters. The van der Waals surface area contributed by atoms with Crippen LogP contribution < -0.4 is 5.73 Å². The Morgan fingerprint density at radius 2 is 1.71 bits per heavy atom.